The number of fused-ring (bicyclic) bond motifs is 1. The minimum atomic E-state index is 0.130. The molecule has 146 valence electrons. The molecule has 0 heterocycles. The van der Waals surface area contributed by atoms with Crippen LogP contribution in [0.4, 0.5) is 0 Å². The summed E-state index contributed by atoms with van der Waals surface area (Å²) in [6, 6.07) is 11.9. The van der Waals surface area contributed by atoms with Crippen molar-refractivity contribution >= 4 is 0 Å². The monoisotopic (exact) mass is 364 g/mol. The minimum Gasteiger partial charge on any atom is -0.376 e. The maximum atomic E-state index is 5.85. The summed E-state index contributed by atoms with van der Waals surface area (Å²) in [5.41, 5.74) is 10.0. The first kappa shape index (κ1) is 20.1. The second-order valence-corrected chi connectivity index (χ2v) is 10.5. The highest BCUT2D eigenvalue weighted by molar-refractivity contribution is 5.73. The molecule has 0 aliphatic heterocycles. The summed E-state index contributed by atoms with van der Waals surface area (Å²) < 4.78 is 5.85. The Morgan fingerprint density at radius 3 is 1.89 bits per heavy atom. The quantitative estimate of drug-likeness (QED) is 0.550. The maximum absolute atomic E-state index is 5.85. The van der Waals surface area contributed by atoms with Gasteiger partial charge >= 0.3 is 0 Å². The smallest absolute Gasteiger partial charge is 0.0852 e. The molecule has 0 aromatic heterocycles. The number of benzene rings is 2. The van der Waals surface area contributed by atoms with Crippen molar-refractivity contribution in [3.8, 4) is 11.1 Å². The molecule has 1 nitrogen and oxygen atoms in total. The van der Waals surface area contributed by atoms with E-state index in [9.17, 15) is 0 Å². The average Bonchev–Trinajstić information content (AvgIpc) is 2.87. The topological polar surface area (TPSA) is 9.23 Å². The Kier molecular flexibility index (Phi) is 5.06. The summed E-state index contributed by atoms with van der Waals surface area (Å²) in [6.45, 7) is 18.4. The summed E-state index contributed by atoms with van der Waals surface area (Å²) in [5.74, 6) is 0.526. The summed E-state index contributed by atoms with van der Waals surface area (Å²) in [6.07, 6.45) is 1.31. The van der Waals surface area contributed by atoms with Gasteiger partial charge < -0.3 is 4.74 Å². The largest absolute Gasteiger partial charge is 0.376 e. The Bertz CT molecular complexity index is 813. The molecule has 1 heteroatoms. The van der Waals surface area contributed by atoms with E-state index in [1.165, 1.54) is 38.9 Å². The van der Waals surface area contributed by atoms with E-state index in [-0.39, 0.29) is 16.9 Å². The van der Waals surface area contributed by atoms with Gasteiger partial charge in [-0.2, -0.15) is 0 Å². The molecule has 1 aliphatic carbocycles. The van der Waals surface area contributed by atoms with Crippen LogP contribution >= 0.6 is 0 Å². The van der Waals surface area contributed by atoms with Crippen LogP contribution in [0.2, 0.25) is 0 Å². The lowest BCUT2D eigenvalue weighted by molar-refractivity contribution is 0.0695. The molecule has 0 N–H and O–H groups in total. The number of ether oxygens (including phenoxy) is 1. The molecule has 0 spiro atoms. The third-order valence-corrected chi connectivity index (χ3v) is 6.01. The fourth-order valence-corrected chi connectivity index (χ4v) is 4.33. The molecule has 2 unspecified atom stereocenters. The highest BCUT2D eigenvalue weighted by atomic mass is 16.5. The molecule has 0 amide bonds. The van der Waals surface area contributed by atoms with Crippen LogP contribution < -0.4 is 0 Å². The number of aryl methyl sites for hydroxylation is 1. The summed E-state index contributed by atoms with van der Waals surface area (Å²) in [5, 5.41) is 0. The van der Waals surface area contributed by atoms with Gasteiger partial charge in [0.1, 0.15) is 0 Å². The number of rotatable bonds is 2. The van der Waals surface area contributed by atoms with E-state index in [1.54, 1.807) is 0 Å². The van der Waals surface area contributed by atoms with Gasteiger partial charge in [-0.15, -0.1) is 0 Å². The molecule has 0 fully saturated rings. The molecule has 3 rings (SSSR count). The van der Waals surface area contributed by atoms with E-state index in [4.69, 9.17) is 4.74 Å². The van der Waals surface area contributed by atoms with E-state index in [2.05, 4.69) is 85.7 Å². The van der Waals surface area contributed by atoms with Crippen LogP contribution in [0.25, 0.3) is 11.1 Å². The van der Waals surface area contributed by atoms with Crippen LogP contribution in [0.15, 0.2) is 30.3 Å². The lowest BCUT2D eigenvalue weighted by Gasteiger charge is -2.27. The van der Waals surface area contributed by atoms with Crippen molar-refractivity contribution in [3.05, 3.63) is 58.1 Å². The van der Waals surface area contributed by atoms with Crippen molar-refractivity contribution in [2.24, 2.45) is 5.92 Å². The Labute approximate surface area is 166 Å². The maximum Gasteiger partial charge on any atom is 0.0852 e. The van der Waals surface area contributed by atoms with Crippen molar-refractivity contribution < 1.29 is 4.74 Å². The molecular formula is C26H36O. The fourth-order valence-electron chi connectivity index (χ4n) is 4.33. The van der Waals surface area contributed by atoms with Crippen LogP contribution in [0.5, 0.6) is 0 Å². The van der Waals surface area contributed by atoms with E-state index >= 15 is 0 Å². The van der Waals surface area contributed by atoms with E-state index in [0.29, 0.717) is 5.92 Å². The van der Waals surface area contributed by atoms with Crippen molar-refractivity contribution in [1.29, 1.82) is 0 Å². The van der Waals surface area contributed by atoms with Crippen molar-refractivity contribution in [2.75, 3.05) is 7.11 Å². The Morgan fingerprint density at radius 2 is 1.41 bits per heavy atom. The third-order valence-electron chi connectivity index (χ3n) is 6.01. The molecule has 27 heavy (non-hydrogen) atoms. The Hall–Kier alpha value is -1.60. The number of hydrogen-bond donors (Lipinski definition) is 0. The standard InChI is InChI=1S/C26H36O/c1-16-10-21(22-12-17(2)24(27-9)23(22)11-16)18-13-19(25(3,4)5)15-20(14-18)26(6,7)8/h10-11,13-15,17,24H,12H2,1-9H3. The van der Waals surface area contributed by atoms with E-state index in [0.717, 1.165) is 6.42 Å². The molecule has 0 radical (unpaired) electrons. The first-order chi connectivity index (χ1) is 12.4. The molecule has 2 atom stereocenters. The predicted octanol–water partition coefficient (Wildman–Crippen LogP) is 7.14. The lowest BCUT2D eigenvalue weighted by Crippen LogP contribution is -2.16. The van der Waals surface area contributed by atoms with Crippen LogP contribution in [0.1, 0.15) is 82.4 Å². The van der Waals surface area contributed by atoms with Gasteiger partial charge in [-0.25, -0.2) is 0 Å². The summed E-state index contributed by atoms with van der Waals surface area (Å²) in [4.78, 5) is 0. The van der Waals surface area contributed by atoms with Crippen LogP contribution in [0, 0.1) is 12.8 Å². The fraction of sp³-hybridized carbons (Fsp3) is 0.538. The van der Waals surface area contributed by atoms with Crippen LogP contribution in [-0.2, 0) is 22.0 Å². The summed E-state index contributed by atoms with van der Waals surface area (Å²) >= 11 is 0. The second-order valence-electron chi connectivity index (χ2n) is 10.5. The highest BCUT2D eigenvalue weighted by Crippen LogP contribution is 2.44. The normalized spacial score (nSPS) is 20.0. The van der Waals surface area contributed by atoms with Gasteiger partial charge in [0.05, 0.1) is 6.10 Å². The second kappa shape index (κ2) is 6.78. The zero-order valence-electron chi connectivity index (χ0n) is 18.7. The van der Waals surface area contributed by atoms with Gasteiger partial charge in [-0.05, 0) is 63.5 Å². The Balaban J connectivity index is 2.26. The van der Waals surface area contributed by atoms with E-state index in [1.807, 2.05) is 7.11 Å². The molecule has 0 saturated heterocycles. The molecule has 2 aromatic rings. The molecule has 2 aromatic carbocycles. The third kappa shape index (κ3) is 3.85. The van der Waals surface area contributed by atoms with Crippen molar-refractivity contribution in [3.63, 3.8) is 0 Å². The minimum absolute atomic E-state index is 0.130. The zero-order valence-corrected chi connectivity index (χ0v) is 18.7. The highest BCUT2D eigenvalue weighted by Gasteiger charge is 2.32. The van der Waals surface area contributed by atoms with Crippen molar-refractivity contribution in [2.45, 2.75) is 78.7 Å². The Morgan fingerprint density at radius 1 is 0.852 bits per heavy atom. The van der Waals surface area contributed by atoms with Gasteiger partial charge in [0, 0.05) is 7.11 Å². The van der Waals surface area contributed by atoms with E-state index < -0.39 is 0 Å². The van der Waals surface area contributed by atoms with Gasteiger partial charge in [-0.3, -0.25) is 0 Å². The van der Waals surface area contributed by atoms with Crippen LogP contribution in [0.3, 0.4) is 0 Å². The number of hydrogen-bond acceptors (Lipinski definition) is 1. The van der Waals surface area contributed by atoms with Gasteiger partial charge in [-0.1, -0.05) is 84.4 Å². The van der Waals surface area contributed by atoms with Gasteiger partial charge in [0.25, 0.3) is 0 Å². The SMILES string of the molecule is COC1c2cc(C)cc(-c3cc(C(C)(C)C)cc(C(C)(C)C)c3)c2CC1C. The van der Waals surface area contributed by atoms with Crippen LogP contribution in [-0.4, -0.2) is 7.11 Å². The number of methoxy groups -OCH3 is 1. The molecule has 1 aliphatic rings. The van der Waals surface area contributed by atoms with Gasteiger partial charge in [0.15, 0.2) is 0 Å². The molecular weight excluding hydrogens is 328 g/mol. The predicted molar refractivity (Wildman–Crippen MR) is 117 cm³/mol. The molecule has 0 bridgehead atoms. The first-order valence-corrected chi connectivity index (χ1v) is 10.2. The first-order valence-electron chi connectivity index (χ1n) is 10.2. The summed E-state index contributed by atoms with van der Waals surface area (Å²) in [7, 11) is 1.84. The van der Waals surface area contributed by atoms with Gasteiger partial charge in [0.2, 0.25) is 0 Å². The average molecular weight is 365 g/mol. The van der Waals surface area contributed by atoms with Crippen molar-refractivity contribution in [1.82, 2.24) is 0 Å². The lowest BCUT2D eigenvalue weighted by atomic mass is 9.78. The zero-order chi connectivity index (χ0) is 20.1. The molecule has 0 saturated carbocycles.